The molecule has 1 saturated carbocycles. The molecule has 1 heterocycles. The Kier molecular flexibility index (Phi) is 5.11. The van der Waals surface area contributed by atoms with Gasteiger partial charge in [-0.25, -0.2) is 0 Å². The molecule has 1 aliphatic carbocycles. The number of hydrogen-bond acceptors (Lipinski definition) is 3. The lowest BCUT2D eigenvalue weighted by Crippen LogP contribution is -2.55. The average molecular weight is 302 g/mol. The van der Waals surface area contributed by atoms with Gasteiger partial charge in [-0.15, -0.1) is 0 Å². The molecule has 0 unspecified atom stereocenters. The molecule has 3 rings (SSSR count). The van der Waals surface area contributed by atoms with Crippen LogP contribution in [0.25, 0.3) is 0 Å². The van der Waals surface area contributed by atoms with Crippen molar-refractivity contribution in [2.24, 2.45) is 0 Å². The zero-order valence-corrected chi connectivity index (χ0v) is 13.4. The van der Waals surface area contributed by atoms with Gasteiger partial charge in [0.05, 0.1) is 6.10 Å². The van der Waals surface area contributed by atoms with Crippen LogP contribution in [0.3, 0.4) is 0 Å². The molecule has 0 N–H and O–H groups in total. The molecule has 1 amide bonds. The Labute approximate surface area is 133 Å². The van der Waals surface area contributed by atoms with Crippen molar-refractivity contribution in [3.63, 3.8) is 0 Å². The maximum absolute atomic E-state index is 12.5. The van der Waals surface area contributed by atoms with E-state index in [1.165, 1.54) is 25.7 Å². The molecule has 2 atom stereocenters. The highest BCUT2D eigenvalue weighted by atomic mass is 16.5. The van der Waals surface area contributed by atoms with E-state index in [1.54, 1.807) is 0 Å². The third kappa shape index (κ3) is 3.33. The topological polar surface area (TPSA) is 32.8 Å². The van der Waals surface area contributed by atoms with E-state index in [9.17, 15) is 4.79 Å². The van der Waals surface area contributed by atoms with E-state index < -0.39 is 0 Å². The molecule has 0 radical (unpaired) electrons. The van der Waals surface area contributed by atoms with E-state index in [0.717, 1.165) is 31.7 Å². The second-order valence-corrected chi connectivity index (χ2v) is 6.32. The lowest BCUT2D eigenvalue weighted by Gasteiger charge is -2.43. The average Bonchev–Trinajstić information content (AvgIpc) is 2.62. The fourth-order valence-electron chi connectivity index (χ4n) is 3.79. The molecule has 1 aromatic rings. The minimum atomic E-state index is 0.159. The summed E-state index contributed by atoms with van der Waals surface area (Å²) in [7, 11) is 1.83. The lowest BCUT2D eigenvalue weighted by molar-refractivity contribution is -0.0249. The summed E-state index contributed by atoms with van der Waals surface area (Å²) in [5.74, 6) is 0.159. The molecule has 0 bridgehead atoms. The summed E-state index contributed by atoms with van der Waals surface area (Å²) in [6.07, 6.45) is 5.34. The first-order valence-electron chi connectivity index (χ1n) is 8.41. The van der Waals surface area contributed by atoms with Crippen molar-refractivity contribution in [2.75, 3.05) is 33.3 Å². The summed E-state index contributed by atoms with van der Waals surface area (Å²) in [6, 6.07) is 10.1. The number of methoxy groups -OCH3 is 1. The first-order valence-corrected chi connectivity index (χ1v) is 8.41. The largest absolute Gasteiger partial charge is 0.380 e. The highest BCUT2D eigenvalue weighted by Crippen LogP contribution is 2.26. The van der Waals surface area contributed by atoms with Gasteiger partial charge >= 0.3 is 0 Å². The zero-order valence-electron chi connectivity index (χ0n) is 13.4. The second-order valence-electron chi connectivity index (χ2n) is 6.32. The van der Waals surface area contributed by atoms with Crippen LogP contribution in [0.5, 0.6) is 0 Å². The monoisotopic (exact) mass is 302 g/mol. The summed E-state index contributed by atoms with van der Waals surface area (Å²) in [5, 5.41) is 0. The van der Waals surface area contributed by atoms with Crippen LogP contribution in [0, 0.1) is 0 Å². The van der Waals surface area contributed by atoms with Gasteiger partial charge in [0.1, 0.15) is 0 Å². The van der Waals surface area contributed by atoms with Crippen molar-refractivity contribution in [1.82, 2.24) is 9.80 Å². The normalized spacial score (nSPS) is 26.9. The van der Waals surface area contributed by atoms with E-state index in [-0.39, 0.29) is 5.91 Å². The Balaban J connectivity index is 1.57. The molecular formula is C18H26N2O2. The highest BCUT2D eigenvalue weighted by molar-refractivity contribution is 5.94. The van der Waals surface area contributed by atoms with Gasteiger partial charge in [-0.1, -0.05) is 31.0 Å². The minimum absolute atomic E-state index is 0.159. The number of carbonyl (C=O) groups is 1. The summed E-state index contributed by atoms with van der Waals surface area (Å²) < 4.78 is 5.68. The van der Waals surface area contributed by atoms with Crippen LogP contribution in [0.2, 0.25) is 0 Å². The van der Waals surface area contributed by atoms with Crippen molar-refractivity contribution in [3.8, 4) is 0 Å². The fourth-order valence-corrected chi connectivity index (χ4v) is 3.79. The van der Waals surface area contributed by atoms with E-state index >= 15 is 0 Å². The van der Waals surface area contributed by atoms with Crippen LogP contribution in [0.4, 0.5) is 0 Å². The van der Waals surface area contributed by atoms with Crippen LogP contribution >= 0.6 is 0 Å². The van der Waals surface area contributed by atoms with Gasteiger partial charge in [0.2, 0.25) is 0 Å². The molecule has 0 aromatic heterocycles. The summed E-state index contributed by atoms with van der Waals surface area (Å²) in [5.41, 5.74) is 0.795. The summed E-state index contributed by atoms with van der Waals surface area (Å²) in [4.78, 5) is 17.0. The maximum atomic E-state index is 12.5. The third-order valence-electron chi connectivity index (χ3n) is 5.06. The zero-order chi connectivity index (χ0) is 15.4. The van der Waals surface area contributed by atoms with Gasteiger partial charge < -0.3 is 9.64 Å². The number of rotatable bonds is 3. The predicted octanol–water partition coefficient (Wildman–Crippen LogP) is 2.40. The molecule has 1 saturated heterocycles. The number of nitrogens with zero attached hydrogens (tertiary/aromatic N) is 2. The van der Waals surface area contributed by atoms with Crippen molar-refractivity contribution >= 4 is 5.91 Å². The van der Waals surface area contributed by atoms with Crippen molar-refractivity contribution in [2.45, 2.75) is 37.8 Å². The number of piperazine rings is 1. The smallest absolute Gasteiger partial charge is 0.253 e. The number of ether oxygens (including phenoxy) is 1. The van der Waals surface area contributed by atoms with Crippen molar-refractivity contribution in [1.29, 1.82) is 0 Å². The molecule has 120 valence electrons. The Morgan fingerprint density at radius 2 is 1.73 bits per heavy atom. The molecule has 1 aromatic carbocycles. The minimum Gasteiger partial charge on any atom is -0.380 e. The second kappa shape index (κ2) is 7.25. The van der Waals surface area contributed by atoms with Gasteiger partial charge in [0.15, 0.2) is 0 Å². The van der Waals surface area contributed by atoms with Gasteiger partial charge in [0.25, 0.3) is 5.91 Å². The van der Waals surface area contributed by atoms with Crippen LogP contribution in [-0.2, 0) is 4.74 Å². The van der Waals surface area contributed by atoms with Crippen molar-refractivity contribution < 1.29 is 9.53 Å². The molecular weight excluding hydrogens is 276 g/mol. The summed E-state index contributed by atoms with van der Waals surface area (Å²) >= 11 is 0. The Hall–Kier alpha value is -1.39. The van der Waals surface area contributed by atoms with Crippen molar-refractivity contribution in [3.05, 3.63) is 35.9 Å². The van der Waals surface area contributed by atoms with Gasteiger partial charge in [-0.05, 0) is 25.0 Å². The molecule has 4 heteroatoms. The standard InChI is InChI=1S/C18H26N2O2/c1-22-17-10-6-5-9-16(17)19-11-13-20(14-12-19)18(21)15-7-3-2-4-8-15/h2-4,7-8,16-17H,5-6,9-14H2,1H3/t16-,17+/m1/s1. The van der Waals surface area contributed by atoms with E-state index in [2.05, 4.69) is 4.90 Å². The van der Waals surface area contributed by atoms with Gasteiger partial charge in [-0.3, -0.25) is 9.69 Å². The fraction of sp³-hybridized carbons (Fsp3) is 0.611. The molecule has 0 spiro atoms. The van der Waals surface area contributed by atoms with E-state index in [1.807, 2.05) is 42.3 Å². The predicted molar refractivity (Wildman–Crippen MR) is 87.0 cm³/mol. The van der Waals surface area contributed by atoms with Crippen LogP contribution in [0.15, 0.2) is 30.3 Å². The molecule has 2 aliphatic rings. The first kappa shape index (κ1) is 15.5. The SMILES string of the molecule is CO[C@H]1CCCC[C@H]1N1CCN(C(=O)c2ccccc2)CC1. The summed E-state index contributed by atoms with van der Waals surface area (Å²) in [6.45, 7) is 3.56. The lowest BCUT2D eigenvalue weighted by atomic mass is 9.90. The van der Waals surface area contributed by atoms with E-state index in [4.69, 9.17) is 4.74 Å². The highest BCUT2D eigenvalue weighted by Gasteiger charge is 2.33. The number of benzene rings is 1. The van der Waals surface area contributed by atoms with Crippen LogP contribution in [0.1, 0.15) is 36.0 Å². The number of amides is 1. The maximum Gasteiger partial charge on any atom is 0.253 e. The van der Waals surface area contributed by atoms with Crippen LogP contribution in [-0.4, -0.2) is 61.1 Å². The first-order chi connectivity index (χ1) is 10.8. The third-order valence-corrected chi connectivity index (χ3v) is 5.06. The quantitative estimate of drug-likeness (QED) is 0.859. The molecule has 1 aliphatic heterocycles. The molecule has 22 heavy (non-hydrogen) atoms. The molecule has 4 nitrogen and oxygen atoms in total. The molecule has 2 fully saturated rings. The number of hydrogen-bond donors (Lipinski definition) is 0. The van der Waals surface area contributed by atoms with Gasteiger partial charge in [-0.2, -0.15) is 0 Å². The van der Waals surface area contributed by atoms with E-state index in [0.29, 0.717) is 12.1 Å². The Morgan fingerprint density at radius 3 is 2.41 bits per heavy atom. The number of carbonyl (C=O) groups excluding carboxylic acids is 1. The van der Waals surface area contributed by atoms with Crippen LogP contribution < -0.4 is 0 Å². The Morgan fingerprint density at radius 1 is 1.05 bits per heavy atom. The van der Waals surface area contributed by atoms with Gasteiger partial charge in [0, 0.05) is 44.9 Å². The Bertz CT molecular complexity index is 483.